The van der Waals surface area contributed by atoms with Crippen molar-refractivity contribution in [2.24, 2.45) is 0 Å². The molecule has 0 unspecified atom stereocenters. The van der Waals surface area contributed by atoms with E-state index in [1.165, 1.54) is 25.7 Å². The van der Waals surface area contributed by atoms with Gasteiger partial charge >= 0.3 is 0 Å². The van der Waals surface area contributed by atoms with Gasteiger partial charge in [0.25, 0.3) is 0 Å². The third kappa shape index (κ3) is 2.81. The first kappa shape index (κ1) is 15.2. The molecule has 0 bridgehead atoms. The molecule has 2 fully saturated rings. The van der Waals surface area contributed by atoms with Gasteiger partial charge in [-0.3, -0.25) is 4.90 Å². The maximum Gasteiger partial charge on any atom is 0.243 e. The van der Waals surface area contributed by atoms with Crippen LogP contribution in [0.2, 0.25) is 0 Å². The van der Waals surface area contributed by atoms with E-state index in [9.17, 15) is 8.42 Å². The summed E-state index contributed by atoms with van der Waals surface area (Å²) < 4.78 is 37.8. The molecule has 1 saturated carbocycles. The van der Waals surface area contributed by atoms with Gasteiger partial charge in [-0.05, 0) is 25.0 Å². The lowest BCUT2D eigenvalue weighted by Gasteiger charge is -2.37. The van der Waals surface area contributed by atoms with E-state index < -0.39 is 10.0 Å². The number of sulfonamides is 1. The zero-order chi connectivity index (χ0) is 15.9. The highest BCUT2D eigenvalue weighted by atomic mass is 32.2. The Morgan fingerprint density at radius 1 is 0.957 bits per heavy atom. The normalized spacial score (nSPS) is 23.5. The van der Waals surface area contributed by atoms with Crippen molar-refractivity contribution < 1.29 is 17.9 Å². The fourth-order valence-electron chi connectivity index (χ4n) is 3.76. The Morgan fingerprint density at radius 2 is 1.65 bits per heavy atom. The summed E-state index contributed by atoms with van der Waals surface area (Å²) >= 11 is 0. The van der Waals surface area contributed by atoms with E-state index in [4.69, 9.17) is 9.47 Å². The van der Waals surface area contributed by atoms with Gasteiger partial charge in [0.05, 0.1) is 4.90 Å². The van der Waals surface area contributed by atoms with E-state index in [0.29, 0.717) is 30.6 Å². The summed E-state index contributed by atoms with van der Waals surface area (Å²) in [6, 6.07) is 5.50. The first-order valence-electron chi connectivity index (χ1n) is 8.28. The van der Waals surface area contributed by atoms with Gasteiger partial charge in [0.1, 0.15) is 0 Å². The fraction of sp³-hybridized carbons (Fsp3) is 0.625. The van der Waals surface area contributed by atoms with Crippen molar-refractivity contribution in [3.05, 3.63) is 18.2 Å². The minimum atomic E-state index is -3.46. The minimum Gasteiger partial charge on any atom is -0.454 e. The van der Waals surface area contributed by atoms with Crippen LogP contribution in [0.5, 0.6) is 11.5 Å². The molecular formula is C16H22N2O4S. The second-order valence-corrected chi connectivity index (χ2v) is 8.33. The molecule has 4 rings (SSSR count). The standard InChI is InChI=1S/C16H22N2O4S/c19-23(20,14-5-6-15-16(11-14)22-12-21-15)18-9-7-17(8-10-18)13-3-1-2-4-13/h5-6,11,13H,1-4,7-10,12H2. The second kappa shape index (κ2) is 5.96. The van der Waals surface area contributed by atoms with Crippen molar-refractivity contribution in [3.63, 3.8) is 0 Å². The largest absolute Gasteiger partial charge is 0.454 e. The van der Waals surface area contributed by atoms with Gasteiger partial charge < -0.3 is 9.47 Å². The fourth-order valence-corrected chi connectivity index (χ4v) is 5.20. The summed E-state index contributed by atoms with van der Waals surface area (Å²) in [6.45, 7) is 2.93. The number of hydrogen-bond donors (Lipinski definition) is 0. The van der Waals surface area contributed by atoms with Crippen LogP contribution in [-0.2, 0) is 10.0 Å². The SMILES string of the molecule is O=S(=O)(c1ccc2c(c1)OCO2)N1CCN(C2CCCC2)CC1. The molecule has 0 amide bonds. The van der Waals surface area contributed by atoms with E-state index in [1.807, 2.05) is 0 Å². The maximum atomic E-state index is 12.8. The van der Waals surface area contributed by atoms with Crippen LogP contribution in [0.1, 0.15) is 25.7 Å². The first-order chi connectivity index (χ1) is 11.1. The predicted molar refractivity (Wildman–Crippen MR) is 85.2 cm³/mol. The topological polar surface area (TPSA) is 59.1 Å². The molecule has 23 heavy (non-hydrogen) atoms. The Labute approximate surface area is 137 Å². The predicted octanol–water partition coefficient (Wildman–Crippen LogP) is 1.66. The van der Waals surface area contributed by atoms with Crippen LogP contribution in [0.15, 0.2) is 23.1 Å². The van der Waals surface area contributed by atoms with Crippen molar-refractivity contribution >= 4 is 10.0 Å². The number of benzene rings is 1. The van der Waals surface area contributed by atoms with Gasteiger partial charge in [-0.1, -0.05) is 12.8 Å². The second-order valence-electron chi connectivity index (χ2n) is 6.39. The molecular weight excluding hydrogens is 316 g/mol. The summed E-state index contributed by atoms with van der Waals surface area (Å²) in [5, 5.41) is 0. The van der Waals surface area contributed by atoms with Gasteiger partial charge in [-0.25, -0.2) is 8.42 Å². The molecule has 2 aliphatic heterocycles. The van der Waals surface area contributed by atoms with Crippen molar-refractivity contribution in [1.82, 2.24) is 9.21 Å². The molecule has 0 aromatic heterocycles. The van der Waals surface area contributed by atoms with E-state index in [0.717, 1.165) is 13.1 Å². The molecule has 6 nitrogen and oxygen atoms in total. The average molecular weight is 338 g/mol. The number of hydrogen-bond acceptors (Lipinski definition) is 5. The molecule has 0 radical (unpaired) electrons. The number of rotatable bonds is 3. The van der Waals surface area contributed by atoms with Crippen LogP contribution in [-0.4, -0.2) is 56.6 Å². The van der Waals surface area contributed by atoms with E-state index in [2.05, 4.69) is 4.90 Å². The minimum absolute atomic E-state index is 0.152. The maximum absolute atomic E-state index is 12.8. The highest BCUT2D eigenvalue weighted by molar-refractivity contribution is 7.89. The summed E-state index contributed by atoms with van der Waals surface area (Å²) in [5.41, 5.74) is 0. The highest BCUT2D eigenvalue weighted by Crippen LogP contribution is 2.35. The zero-order valence-electron chi connectivity index (χ0n) is 13.1. The summed E-state index contributed by atoms with van der Waals surface area (Å²) in [7, 11) is -3.46. The molecule has 3 aliphatic rings. The van der Waals surface area contributed by atoms with E-state index in [1.54, 1.807) is 22.5 Å². The van der Waals surface area contributed by atoms with Crippen molar-refractivity contribution in [2.75, 3.05) is 33.0 Å². The third-order valence-corrected chi connectivity index (χ3v) is 6.99. The van der Waals surface area contributed by atoms with Crippen molar-refractivity contribution in [3.8, 4) is 11.5 Å². The summed E-state index contributed by atoms with van der Waals surface area (Å²) in [5.74, 6) is 1.12. The average Bonchev–Trinajstić information content (AvgIpc) is 3.25. The van der Waals surface area contributed by atoms with Gasteiger partial charge in [-0.15, -0.1) is 0 Å². The quantitative estimate of drug-likeness (QED) is 0.839. The van der Waals surface area contributed by atoms with Crippen LogP contribution < -0.4 is 9.47 Å². The first-order valence-corrected chi connectivity index (χ1v) is 9.72. The molecule has 1 aromatic rings. The van der Waals surface area contributed by atoms with Crippen LogP contribution >= 0.6 is 0 Å². The van der Waals surface area contributed by atoms with Crippen LogP contribution in [0, 0.1) is 0 Å². The molecule has 7 heteroatoms. The monoisotopic (exact) mass is 338 g/mol. The number of nitrogens with zero attached hydrogens (tertiary/aromatic N) is 2. The van der Waals surface area contributed by atoms with E-state index in [-0.39, 0.29) is 11.7 Å². The van der Waals surface area contributed by atoms with Gasteiger partial charge in [0.15, 0.2) is 11.5 Å². The lowest BCUT2D eigenvalue weighted by molar-refractivity contribution is 0.139. The molecule has 2 heterocycles. The molecule has 0 N–H and O–H groups in total. The lowest BCUT2D eigenvalue weighted by atomic mass is 10.2. The van der Waals surface area contributed by atoms with Gasteiger partial charge in [-0.2, -0.15) is 4.31 Å². The molecule has 1 aliphatic carbocycles. The zero-order valence-corrected chi connectivity index (χ0v) is 13.9. The molecule has 1 saturated heterocycles. The Kier molecular flexibility index (Phi) is 3.95. The van der Waals surface area contributed by atoms with Crippen LogP contribution in [0.25, 0.3) is 0 Å². The van der Waals surface area contributed by atoms with Gasteiger partial charge in [0, 0.05) is 38.3 Å². The summed E-state index contributed by atoms with van der Waals surface area (Å²) in [6.07, 6.45) is 5.13. The Bertz CT molecular complexity index is 677. The third-order valence-electron chi connectivity index (χ3n) is 5.10. The lowest BCUT2D eigenvalue weighted by Crippen LogP contribution is -2.51. The number of fused-ring (bicyclic) bond motifs is 1. The van der Waals surface area contributed by atoms with Gasteiger partial charge in [0.2, 0.25) is 16.8 Å². The Morgan fingerprint density at radius 3 is 2.39 bits per heavy atom. The smallest absolute Gasteiger partial charge is 0.243 e. The molecule has 126 valence electrons. The number of piperazine rings is 1. The van der Waals surface area contributed by atoms with Crippen molar-refractivity contribution in [1.29, 1.82) is 0 Å². The molecule has 0 atom stereocenters. The Hall–Kier alpha value is -1.31. The number of ether oxygens (including phenoxy) is 2. The van der Waals surface area contributed by atoms with E-state index >= 15 is 0 Å². The Balaban J connectivity index is 1.47. The molecule has 1 aromatic carbocycles. The summed E-state index contributed by atoms with van der Waals surface area (Å²) in [4.78, 5) is 2.75. The molecule has 0 spiro atoms. The highest BCUT2D eigenvalue weighted by Gasteiger charge is 2.32. The van der Waals surface area contributed by atoms with Crippen molar-refractivity contribution in [2.45, 2.75) is 36.6 Å². The van der Waals surface area contributed by atoms with Crippen LogP contribution in [0.4, 0.5) is 0 Å². The van der Waals surface area contributed by atoms with Crippen LogP contribution in [0.3, 0.4) is 0 Å².